The molecule has 1 aliphatic carbocycles. The maximum atomic E-state index is 5.75. The van der Waals surface area contributed by atoms with Crippen molar-refractivity contribution in [2.75, 3.05) is 5.73 Å². The highest BCUT2D eigenvalue weighted by molar-refractivity contribution is 7.19. The summed E-state index contributed by atoms with van der Waals surface area (Å²) in [6.45, 7) is 1.00. The summed E-state index contributed by atoms with van der Waals surface area (Å²) < 4.78 is 1.33. The van der Waals surface area contributed by atoms with Gasteiger partial charge in [-0.05, 0) is 42.5 Å². The normalized spacial score (nSPS) is 16.0. The zero-order chi connectivity index (χ0) is 10.3. The molecule has 1 fully saturated rings. The standard InChI is InChI=1S/C12H14N2S/c13-9-1-4-12-8(5-9)6-11(15-12)7-14-10-2-3-10/h1,4-6,10,14H,2-3,7,13H2. The van der Waals surface area contributed by atoms with E-state index in [0.717, 1.165) is 18.3 Å². The summed E-state index contributed by atoms with van der Waals surface area (Å²) in [6.07, 6.45) is 2.69. The van der Waals surface area contributed by atoms with Gasteiger partial charge in [0.1, 0.15) is 0 Å². The van der Waals surface area contributed by atoms with Gasteiger partial charge in [-0.2, -0.15) is 0 Å². The zero-order valence-electron chi connectivity index (χ0n) is 8.49. The van der Waals surface area contributed by atoms with Gasteiger partial charge >= 0.3 is 0 Å². The molecule has 0 spiro atoms. The first-order valence-corrected chi connectivity index (χ1v) is 6.14. The quantitative estimate of drug-likeness (QED) is 0.777. The van der Waals surface area contributed by atoms with Crippen molar-refractivity contribution < 1.29 is 0 Å². The van der Waals surface area contributed by atoms with Crippen LogP contribution in [0.5, 0.6) is 0 Å². The maximum absolute atomic E-state index is 5.75. The molecule has 1 aliphatic rings. The van der Waals surface area contributed by atoms with E-state index in [4.69, 9.17) is 5.73 Å². The van der Waals surface area contributed by atoms with Crippen LogP contribution in [0.2, 0.25) is 0 Å². The van der Waals surface area contributed by atoms with Gasteiger partial charge in [-0.15, -0.1) is 11.3 Å². The van der Waals surface area contributed by atoms with E-state index < -0.39 is 0 Å². The van der Waals surface area contributed by atoms with Gasteiger partial charge in [-0.25, -0.2) is 0 Å². The van der Waals surface area contributed by atoms with Gasteiger partial charge in [0.25, 0.3) is 0 Å². The lowest BCUT2D eigenvalue weighted by atomic mass is 10.2. The summed E-state index contributed by atoms with van der Waals surface area (Å²) in [5.74, 6) is 0. The van der Waals surface area contributed by atoms with Crippen molar-refractivity contribution in [1.82, 2.24) is 5.32 Å². The SMILES string of the molecule is Nc1ccc2sc(CNC3CC3)cc2c1. The second kappa shape index (κ2) is 3.51. The number of fused-ring (bicyclic) bond motifs is 1. The monoisotopic (exact) mass is 218 g/mol. The molecule has 1 heterocycles. The van der Waals surface area contributed by atoms with Gasteiger partial charge in [0.15, 0.2) is 0 Å². The van der Waals surface area contributed by atoms with Crippen molar-refractivity contribution in [1.29, 1.82) is 0 Å². The average molecular weight is 218 g/mol. The Morgan fingerprint density at radius 2 is 2.20 bits per heavy atom. The highest BCUT2D eigenvalue weighted by atomic mass is 32.1. The molecule has 3 heteroatoms. The van der Waals surface area contributed by atoms with E-state index >= 15 is 0 Å². The molecule has 0 saturated heterocycles. The third kappa shape index (κ3) is 1.98. The molecular weight excluding hydrogens is 204 g/mol. The van der Waals surface area contributed by atoms with E-state index in [1.54, 1.807) is 0 Å². The molecule has 1 aromatic heterocycles. The van der Waals surface area contributed by atoms with Crippen molar-refractivity contribution in [2.24, 2.45) is 0 Å². The summed E-state index contributed by atoms with van der Waals surface area (Å²) in [4.78, 5) is 1.41. The number of nitrogens with one attached hydrogen (secondary N) is 1. The predicted molar refractivity (Wildman–Crippen MR) is 66.1 cm³/mol. The lowest BCUT2D eigenvalue weighted by molar-refractivity contribution is 0.695. The van der Waals surface area contributed by atoms with E-state index in [1.165, 1.54) is 27.8 Å². The molecule has 0 unspecified atom stereocenters. The number of thiophene rings is 1. The van der Waals surface area contributed by atoms with Gasteiger partial charge < -0.3 is 11.1 Å². The van der Waals surface area contributed by atoms with Crippen LogP contribution in [0.1, 0.15) is 17.7 Å². The Morgan fingerprint density at radius 3 is 3.00 bits per heavy atom. The largest absolute Gasteiger partial charge is 0.399 e. The smallest absolute Gasteiger partial charge is 0.0347 e. The van der Waals surface area contributed by atoms with Gasteiger partial charge in [-0.3, -0.25) is 0 Å². The lowest BCUT2D eigenvalue weighted by Crippen LogP contribution is -2.14. The molecule has 0 atom stereocenters. The summed E-state index contributed by atoms with van der Waals surface area (Å²) in [7, 11) is 0. The molecule has 78 valence electrons. The molecule has 2 aromatic rings. The van der Waals surface area contributed by atoms with E-state index in [-0.39, 0.29) is 0 Å². The zero-order valence-corrected chi connectivity index (χ0v) is 9.31. The number of benzene rings is 1. The Morgan fingerprint density at radius 1 is 1.33 bits per heavy atom. The van der Waals surface area contributed by atoms with Crippen LogP contribution in [0.25, 0.3) is 10.1 Å². The average Bonchev–Trinajstić information content (AvgIpc) is 2.95. The van der Waals surface area contributed by atoms with E-state index in [0.29, 0.717) is 0 Å². The molecule has 0 aliphatic heterocycles. The molecule has 0 radical (unpaired) electrons. The number of rotatable bonds is 3. The fourth-order valence-corrected chi connectivity index (χ4v) is 2.73. The Balaban J connectivity index is 1.84. The number of hydrogen-bond donors (Lipinski definition) is 2. The van der Waals surface area contributed by atoms with E-state index in [1.807, 2.05) is 23.5 Å². The first kappa shape index (κ1) is 9.19. The molecule has 2 nitrogen and oxygen atoms in total. The Kier molecular flexibility index (Phi) is 2.15. The minimum absolute atomic E-state index is 0.778. The third-order valence-corrected chi connectivity index (χ3v) is 3.85. The van der Waals surface area contributed by atoms with Crippen molar-refractivity contribution >= 4 is 27.1 Å². The molecule has 3 N–H and O–H groups in total. The maximum Gasteiger partial charge on any atom is 0.0347 e. The van der Waals surface area contributed by atoms with Crippen molar-refractivity contribution in [3.8, 4) is 0 Å². The van der Waals surface area contributed by atoms with Crippen molar-refractivity contribution in [3.05, 3.63) is 29.1 Å². The summed E-state index contributed by atoms with van der Waals surface area (Å²) in [5, 5.41) is 4.80. The minimum atomic E-state index is 0.778. The fraction of sp³-hybridized carbons (Fsp3) is 0.333. The van der Waals surface area contributed by atoms with Crippen LogP contribution in [-0.4, -0.2) is 6.04 Å². The Bertz CT molecular complexity index is 485. The van der Waals surface area contributed by atoms with Gasteiger partial charge in [0.2, 0.25) is 0 Å². The second-order valence-corrected chi connectivity index (χ2v) is 5.33. The van der Waals surface area contributed by atoms with Crippen molar-refractivity contribution in [3.63, 3.8) is 0 Å². The Labute approximate surface area is 93.1 Å². The molecule has 1 saturated carbocycles. The Hall–Kier alpha value is -1.06. The number of anilines is 1. The fourth-order valence-electron chi connectivity index (χ4n) is 1.74. The van der Waals surface area contributed by atoms with Crippen LogP contribution in [0.3, 0.4) is 0 Å². The molecule has 0 bridgehead atoms. The van der Waals surface area contributed by atoms with Gasteiger partial charge in [0, 0.05) is 27.9 Å². The highest BCUT2D eigenvalue weighted by Gasteiger charge is 2.20. The van der Waals surface area contributed by atoms with E-state index in [2.05, 4.69) is 17.4 Å². The molecule has 3 rings (SSSR count). The molecule has 15 heavy (non-hydrogen) atoms. The predicted octanol–water partition coefficient (Wildman–Crippen LogP) is 2.74. The first-order valence-electron chi connectivity index (χ1n) is 5.32. The first-order chi connectivity index (χ1) is 7.31. The summed E-state index contributed by atoms with van der Waals surface area (Å²) in [6, 6.07) is 9.14. The number of hydrogen-bond acceptors (Lipinski definition) is 3. The highest BCUT2D eigenvalue weighted by Crippen LogP contribution is 2.28. The van der Waals surface area contributed by atoms with Crippen molar-refractivity contribution in [2.45, 2.75) is 25.4 Å². The third-order valence-electron chi connectivity index (χ3n) is 2.73. The topological polar surface area (TPSA) is 38.0 Å². The molecule has 1 aromatic carbocycles. The van der Waals surface area contributed by atoms with Crippen LogP contribution in [0, 0.1) is 0 Å². The molecule has 0 amide bonds. The van der Waals surface area contributed by atoms with Crippen LogP contribution < -0.4 is 11.1 Å². The molecular formula is C12H14N2S. The lowest BCUT2D eigenvalue weighted by Gasteiger charge is -1.97. The minimum Gasteiger partial charge on any atom is -0.399 e. The van der Waals surface area contributed by atoms with Gasteiger partial charge in [-0.1, -0.05) is 0 Å². The van der Waals surface area contributed by atoms with Crippen LogP contribution >= 0.6 is 11.3 Å². The van der Waals surface area contributed by atoms with Gasteiger partial charge in [0.05, 0.1) is 0 Å². The number of nitrogen functional groups attached to an aromatic ring is 1. The van der Waals surface area contributed by atoms with E-state index in [9.17, 15) is 0 Å². The summed E-state index contributed by atoms with van der Waals surface area (Å²) >= 11 is 1.86. The summed E-state index contributed by atoms with van der Waals surface area (Å²) in [5.41, 5.74) is 6.60. The van der Waals surface area contributed by atoms with Crippen LogP contribution in [0.15, 0.2) is 24.3 Å². The van der Waals surface area contributed by atoms with Crippen LogP contribution in [-0.2, 0) is 6.54 Å². The number of nitrogens with two attached hydrogens (primary N) is 1. The van der Waals surface area contributed by atoms with Crippen LogP contribution in [0.4, 0.5) is 5.69 Å². The second-order valence-electron chi connectivity index (χ2n) is 4.17.